The number of aliphatic hydroxyl groups is 1. The van der Waals surface area contributed by atoms with E-state index in [4.69, 9.17) is 10.5 Å². The Hall–Kier alpha value is -2.81. The Morgan fingerprint density at radius 1 is 1.37 bits per heavy atom. The fourth-order valence-corrected chi connectivity index (χ4v) is 4.46. The number of pyridine rings is 1. The Morgan fingerprint density at radius 3 is 2.63 bits per heavy atom. The van der Waals surface area contributed by atoms with Crippen LogP contribution in [-0.2, 0) is 0 Å². The van der Waals surface area contributed by atoms with E-state index < -0.39 is 28.9 Å². The maximum Gasteiger partial charge on any atom is 0.341 e. The van der Waals surface area contributed by atoms with Crippen molar-refractivity contribution in [2.75, 3.05) is 30.8 Å². The number of fused-ring (bicyclic) bond motifs is 1. The molecular formula is C21H26FN3O5. The molecule has 2 aliphatic rings. The molecule has 1 saturated carbocycles. The second-order valence-electron chi connectivity index (χ2n) is 8.12. The molecule has 1 aromatic carbocycles. The second-order valence-corrected chi connectivity index (χ2v) is 8.12. The average molecular weight is 419 g/mol. The molecule has 2 heterocycles. The maximum absolute atomic E-state index is 15.5. The van der Waals surface area contributed by atoms with Gasteiger partial charge in [0.1, 0.15) is 11.3 Å². The molecule has 1 aromatic heterocycles. The van der Waals surface area contributed by atoms with E-state index in [0.29, 0.717) is 25.0 Å². The maximum atomic E-state index is 15.5. The number of aliphatic hydroxyl groups excluding tert-OH is 1. The van der Waals surface area contributed by atoms with Gasteiger partial charge in [-0.25, -0.2) is 9.18 Å². The lowest BCUT2D eigenvalue weighted by Crippen LogP contribution is -2.43. The first-order valence-electron chi connectivity index (χ1n) is 10.2. The number of nitrogens with zero attached hydrogens (tertiary/aromatic N) is 2. The summed E-state index contributed by atoms with van der Waals surface area (Å²) in [6.45, 7) is 2.81. The van der Waals surface area contributed by atoms with E-state index in [1.807, 2.05) is 6.92 Å². The minimum atomic E-state index is -1.38. The lowest BCUT2D eigenvalue weighted by Gasteiger charge is -2.38. The van der Waals surface area contributed by atoms with Crippen LogP contribution in [0.4, 0.5) is 15.8 Å². The zero-order chi connectivity index (χ0) is 21.7. The van der Waals surface area contributed by atoms with Crippen LogP contribution in [0, 0.1) is 11.7 Å². The van der Waals surface area contributed by atoms with Gasteiger partial charge < -0.3 is 30.2 Å². The van der Waals surface area contributed by atoms with E-state index in [9.17, 15) is 19.8 Å². The van der Waals surface area contributed by atoms with Gasteiger partial charge >= 0.3 is 5.97 Å². The first-order valence-corrected chi connectivity index (χ1v) is 10.2. The molecular weight excluding hydrogens is 393 g/mol. The topological polar surface area (TPSA) is 118 Å². The van der Waals surface area contributed by atoms with E-state index in [-0.39, 0.29) is 34.5 Å². The van der Waals surface area contributed by atoms with Gasteiger partial charge in [0.2, 0.25) is 5.43 Å². The van der Waals surface area contributed by atoms with Crippen molar-refractivity contribution in [1.29, 1.82) is 0 Å². The van der Waals surface area contributed by atoms with Crippen molar-refractivity contribution < 1.29 is 24.1 Å². The van der Waals surface area contributed by atoms with Gasteiger partial charge in [-0.05, 0) is 25.7 Å². The molecule has 0 spiro atoms. The van der Waals surface area contributed by atoms with Crippen molar-refractivity contribution in [3.05, 3.63) is 27.8 Å². The molecule has 0 radical (unpaired) electrons. The molecule has 1 aliphatic carbocycles. The van der Waals surface area contributed by atoms with Crippen LogP contribution in [0.5, 0.6) is 5.75 Å². The summed E-state index contributed by atoms with van der Waals surface area (Å²) in [6.07, 6.45) is 3.71. The average Bonchev–Trinajstić information content (AvgIpc) is 3.56. The van der Waals surface area contributed by atoms with E-state index >= 15 is 4.39 Å². The third-order valence-corrected chi connectivity index (χ3v) is 6.29. The number of halogens is 1. The summed E-state index contributed by atoms with van der Waals surface area (Å²) < 4.78 is 22.8. The van der Waals surface area contributed by atoms with Crippen molar-refractivity contribution in [3.63, 3.8) is 0 Å². The molecule has 0 bridgehead atoms. The smallest absolute Gasteiger partial charge is 0.341 e. The summed E-state index contributed by atoms with van der Waals surface area (Å²) in [6, 6.07) is 0.00406. The quantitative estimate of drug-likeness (QED) is 0.637. The minimum absolute atomic E-state index is 0.00406. The number of methoxy groups -OCH3 is 1. The lowest BCUT2D eigenvalue weighted by molar-refractivity contribution is 0.0694. The van der Waals surface area contributed by atoms with Gasteiger partial charge in [-0.2, -0.15) is 0 Å². The number of hydrogen-bond acceptors (Lipinski definition) is 6. The van der Waals surface area contributed by atoms with Crippen LogP contribution in [0.3, 0.4) is 0 Å². The number of rotatable bonds is 5. The zero-order valence-corrected chi connectivity index (χ0v) is 17.0. The molecule has 0 unspecified atom stereocenters. The predicted molar refractivity (Wildman–Crippen MR) is 111 cm³/mol. The highest BCUT2D eigenvalue weighted by atomic mass is 19.1. The van der Waals surface area contributed by atoms with Crippen molar-refractivity contribution in [2.24, 2.45) is 5.92 Å². The van der Waals surface area contributed by atoms with Crippen LogP contribution in [0.2, 0.25) is 0 Å². The number of carbonyl (C=O) groups is 1. The number of carboxylic acid groups (broad SMARTS) is 1. The highest BCUT2D eigenvalue weighted by molar-refractivity contribution is 6.03. The Kier molecular flexibility index (Phi) is 5.09. The molecule has 1 aliphatic heterocycles. The van der Waals surface area contributed by atoms with Gasteiger partial charge in [0, 0.05) is 31.2 Å². The number of benzene rings is 1. The molecule has 2 atom stereocenters. The summed E-state index contributed by atoms with van der Waals surface area (Å²) >= 11 is 0. The van der Waals surface area contributed by atoms with Crippen LogP contribution in [0.1, 0.15) is 49.0 Å². The Bertz CT molecular complexity index is 1080. The third kappa shape index (κ3) is 3.08. The summed E-state index contributed by atoms with van der Waals surface area (Å²) in [4.78, 5) is 26.3. The highest BCUT2D eigenvalue weighted by Gasteiger charge is 2.35. The van der Waals surface area contributed by atoms with Crippen LogP contribution < -0.4 is 20.8 Å². The molecule has 162 valence electrons. The monoisotopic (exact) mass is 419 g/mol. The van der Waals surface area contributed by atoms with Crippen molar-refractivity contribution in [2.45, 2.75) is 44.8 Å². The minimum Gasteiger partial charge on any atom is -0.492 e. The predicted octanol–water partition coefficient (Wildman–Crippen LogP) is 2.36. The van der Waals surface area contributed by atoms with Crippen molar-refractivity contribution in [3.8, 4) is 5.75 Å². The standard InChI is InChI=1S/C21H26FN3O5/c1-3-10-8-24(7-6-13(10)26)18-15(22)16(23)14-17(20(18)30-2)25(11-4-5-11)9-12(19(14)27)21(28)29/h9-11,13,26H,3-8,23H2,1-2H3,(H,28,29)/t10-,13-/m1/s1. The molecule has 2 aromatic rings. The molecule has 0 amide bonds. The second kappa shape index (κ2) is 7.46. The number of nitrogens with two attached hydrogens (primary N) is 1. The largest absolute Gasteiger partial charge is 0.492 e. The number of hydrogen-bond donors (Lipinski definition) is 3. The Labute approximate surface area is 172 Å². The van der Waals surface area contributed by atoms with Crippen LogP contribution in [-0.4, -0.2) is 47.1 Å². The fourth-order valence-electron chi connectivity index (χ4n) is 4.46. The van der Waals surface area contributed by atoms with E-state index in [2.05, 4.69) is 0 Å². The van der Waals surface area contributed by atoms with Gasteiger partial charge in [0.25, 0.3) is 0 Å². The van der Waals surface area contributed by atoms with E-state index in [0.717, 1.165) is 19.3 Å². The highest BCUT2D eigenvalue weighted by Crippen LogP contribution is 2.46. The van der Waals surface area contributed by atoms with Gasteiger partial charge in [0.15, 0.2) is 11.6 Å². The molecule has 1 saturated heterocycles. The summed E-state index contributed by atoms with van der Waals surface area (Å²) in [7, 11) is 1.40. The molecule has 30 heavy (non-hydrogen) atoms. The third-order valence-electron chi connectivity index (χ3n) is 6.29. The van der Waals surface area contributed by atoms with Gasteiger partial charge in [-0.1, -0.05) is 6.92 Å². The summed E-state index contributed by atoms with van der Waals surface area (Å²) in [5.74, 6) is -2.04. The Morgan fingerprint density at radius 2 is 2.07 bits per heavy atom. The number of nitrogen functional groups attached to an aromatic ring is 1. The number of ether oxygens (including phenoxy) is 1. The number of anilines is 2. The molecule has 9 heteroatoms. The molecule has 2 fully saturated rings. The first-order chi connectivity index (χ1) is 14.3. The van der Waals surface area contributed by atoms with Gasteiger partial charge in [-0.15, -0.1) is 0 Å². The van der Waals surface area contributed by atoms with Gasteiger partial charge in [-0.3, -0.25) is 4.79 Å². The molecule has 4 rings (SSSR count). The van der Waals surface area contributed by atoms with Crippen LogP contribution >= 0.6 is 0 Å². The summed E-state index contributed by atoms with van der Waals surface area (Å²) in [5, 5.41) is 19.5. The summed E-state index contributed by atoms with van der Waals surface area (Å²) in [5.41, 5.74) is 4.93. The zero-order valence-electron chi connectivity index (χ0n) is 17.0. The van der Waals surface area contributed by atoms with E-state index in [1.165, 1.54) is 13.3 Å². The number of carboxylic acids is 1. The molecule has 4 N–H and O–H groups in total. The number of aromatic carboxylic acids is 1. The SMILES string of the molecule is CC[C@@H]1CN(c2c(F)c(N)c3c(=O)c(C(=O)O)cn(C4CC4)c3c2OC)CC[C@H]1O. The first kappa shape index (κ1) is 20.5. The number of aromatic nitrogens is 1. The normalized spacial score (nSPS) is 21.8. The Balaban J connectivity index is 2.03. The lowest BCUT2D eigenvalue weighted by atomic mass is 9.91. The van der Waals surface area contributed by atoms with Crippen molar-refractivity contribution in [1.82, 2.24) is 4.57 Å². The van der Waals surface area contributed by atoms with Gasteiger partial charge in [0.05, 0.1) is 29.8 Å². The van der Waals surface area contributed by atoms with Crippen LogP contribution in [0.25, 0.3) is 10.9 Å². The van der Waals surface area contributed by atoms with Crippen molar-refractivity contribution >= 4 is 28.2 Å². The van der Waals surface area contributed by atoms with Crippen LogP contribution in [0.15, 0.2) is 11.0 Å². The van der Waals surface area contributed by atoms with E-state index in [1.54, 1.807) is 9.47 Å². The number of piperidine rings is 1. The fraction of sp³-hybridized carbons (Fsp3) is 0.524. The molecule has 8 nitrogen and oxygen atoms in total.